The minimum absolute atomic E-state index is 0.117. The highest BCUT2D eigenvalue weighted by Gasteiger charge is 2.21. The van der Waals surface area contributed by atoms with Gasteiger partial charge in [0.25, 0.3) is 0 Å². The van der Waals surface area contributed by atoms with Crippen molar-refractivity contribution in [3.8, 4) is 11.4 Å². The van der Waals surface area contributed by atoms with E-state index in [0.717, 1.165) is 16.5 Å². The maximum Gasteiger partial charge on any atom is 0.231 e. The number of benzene rings is 1. The van der Waals surface area contributed by atoms with Gasteiger partial charge in [-0.05, 0) is 44.5 Å². The predicted molar refractivity (Wildman–Crippen MR) is 118 cm³/mol. The third kappa shape index (κ3) is 4.40. The van der Waals surface area contributed by atoms with Crippen molar-refractivity contribution in [3.05, 3.63) is 54.5 Å². The van der Waals surface area contributed by atoms with Crippen molar-refractivity contribution in [3.63, 3.8) is 0 Å². The number of anilines is 2. The summed E-state index contributed by atoms with van der Waals surface area (Å²) < 4.78 is 15.8. The summed E-state index contributed by atoms with van der Waals surface area (Å²) in [6, 6.07) is 9.01. The number of hydrogen-bond donors (Lipinski definition) is 3. The molecule has 1 atom stereocenters. The van der Waals surface area contributed by atoms with Gasteiger partial charge < -0.3 is 11.1 Å². The molecule has 3 aromatic heterocycles. The number of pyridine rings is 1. The lowest BCUT2D eigenvalue weighted by Gasteiger charge is -2.15. The molecule has 0 spiro atoms. The molecule has 1 aromatic carbocycles. The number of nitrogens with one attached hydrogen (secondary N) is 2. The van der Waals surface area contributed by atoms with Gasteiger partial charge in [0.15, 0.2) is 0 Å². The van der Waals surface area contributed by atoms with Gasteiger partial charge in [-0.25, -0.2) is 4.39 Å². The number of nitrogen functional groups attached to an aromatic ring is 1. The van der Waals surface area contributed by atoms with Crippen LogP contribution in [0.5, 0.6) is 0 Å². The van der Waals surface area contributed by atoms with Crippen LogP contribution in [0.4, 0.5) is 15.8 Å². The molecule has 0 saturated carbocycles. The fourth-order valence-corrected chi connectivity index (χ4v) is 3.34. The van der Waals surface area contributed by atoms with Gasteiger partial charge in [-0.3, -0.25) is 19.6 Å². The van der Waals surface area contributed by atoms with Crippen molar-refractivity contribution in [2.45, 2.75) is 38.9 Å². The number of aromatic amines is 1. The quantitative estimate of drug-likeness (QED) is 0.409. The fourth-order valence-electron chi connectivity index (χ4n) is 3.34. The first-order chi connectivity index (χ1) is 14.7. The zero-order valence-electron chi connectivity index (χ0n) is 17.6. The van der Waals surface area contributed by atoms with Gasteiger partial charge in [-0.15, -0.1) is 0 Å². The zero-order valence-corrected chi connectivity index (χ0v) is 17.6. The van der Waals surface area contributed by atoms with Gasteiger partial charge in [0.2, 0.25) is 5.91 Å². The van der Waals surface area contributed by atoms with Gasteiger partial charge in [0.1, 0.15) is 11.4 Å². The zero-order chi connectivity index (χ0) is 22.2. The summed E-state index contributed by atoms with van der Waals surface area (Å²) in [5, 5.41) is 14.9. The molecular formula is C22H24FN7O. The monoisotopic (exact) mass is 421 g/mol. The molecule has 4 rings (SSSR count). The summed E-state index contributed by atoms with van der Waals surface area (Å²) in [5.74, 6) is -0.565. The van der Waals surface area contributed by atoms with Crippen molar-refractivity contribution in [2.24, 2.45) is 0 Å². The van der Waals surface area contributed by atoms with Crippen LogP contribution in [0.25, 0.3) is 22.3 Å². The lowest BCUT2D eigenvalue weighted by atomic mass is 10.00. The van der Waals surface area contributed by atoms with Crippen LogP contribution in [0, 0.1) is 0 Å². The van der Waals surface area contributed by atoms with Crippen LogP contribution in [0.3, 0.4) is 0 Å². The first kappa shape index (κ1) is 20.5. The second-order valence-electron chi connectivity index (χ2n) is 8.19. The van der Waals surface area contributed by atoms with Crippen LogP contribution >= 0.6 is 0 Å². The van der Waals surface area contributed by atoms with E-state index in [1.165, 1.54) is 20.0 Å². The number of halogens is 1. The number of H-pyrrole nitrogens is 1. The van der Waals surface area contributed by atoms with Crippen LogP contribution in [0.2, 0.25) is 0 Å². The van der Waals surface area contributed by atoms with E-state index in [0.29, 0.717) is 22.8 Å². The lowest BCUT2D eigenvalue weighted by Crippen LogP contribution is -2.21. The van der Waals surface area contributed by atoms with E-state index >= 15 is 0 Å². The summed E-state index contributed by atoms with van der Waals surface area (Å²) in [7, 11) is 0. The predicted octanol–water partition coefficient (Wildman–Crippen LogP) is 3.89. The van der Waals surface area contributed by atoms with E-state index in [1.807, 2.05) is 19.1 Å². The summed E-state index contributed by atoms with van der Waals surface area (Å²) >= 11 is 0. The average molecular weight is 421 g/mol. The third-order valence-electron chi connectivity index (χ3n) is 5.04. The van der Waals surface area contributed by atoms with Crippen molar-refractivity contribution >= 4 is 28.2 Å². The minimum atomic E-state index is -1.41. The van der Waals surface area contributed by atoms with Gasteiger partial charge in [-0.2, -0.15) is 10.2 Å². The van der Waals surface area contributed by atoms with Crippen molar-refractivity contribution in [2.75, 3.05) is 11.1 Å². The van der Waals surface area contributed by atoms with Crippen LogP contribution in [0.15, 0.2) is 48.9 Å². The Morgan fingerprint density at radius 2 is 2.00 bits per heavy atom. The number of nitrogens with zero attached hydrogens (tertiary/aromatic N) is 4. The molecule has 160 valence electrons. The van der Waals surface area contributed by atoms with E-state index in [1.54, 1.807) is 35.3 Å². The van der Waals surface area contributed by atoms with E-state index in [9.17, 15) is 9.18 Å². The Labute approximate surface area is 178 Å². The molecular weight excluding hydrogens is 397 g/mol. The number of fused-ring (bicyclic) bond motifs is 1. The molecule has 8 nitrogen and oxygen atoms in total. The van der Waals surface area contributed by atoms with Crippen molar-refractivity contribution in [1.29, 1.82) is 0 Å². The van der Waals surface area contributed by atoms with Gasteiger partial charge >= 0.3 is 0 Å². The number of amides is 1. The Hall–Kier alpha value is -3.75. The molecule has 0 radical (unpaired) electrons. The Balaban J connectivity index is 1.60. The van der Waals surface area contributed by atoms with E-state index < -0.39 is 5.67 Å². The molecule has 1 unspecified atom stereocenters. The molecule has 3 heterocycles. The number of nitrogens with two attached hydrogens (primary N) is 1. The SMILES string of the molecule is CC(C(=O)Nc1cn[nH]c1-c1cc2c(cn1)cnn2CC(C)(C)F)c1ccc(N)cc1. The molecule has 9 heteroatoms. The van der Waals surface area contributed by atoms with Crippen molar-refractivity contribution in [1.82, 2.24) is 25.0 Å². The molecule has 0 fully saturated rings. The van der Waals surface area contributed by atoms with Crippen molar-refractivity contribution < 1.29 is 9.18 Å². The molecule has 0 bridgehead atoms. The summed E-state index contributed by atoms with van der Waals surface area (Å²) in [4.78, 5) is 17.3. The molecule has 0 saturated heterocycles. The first-order valence-corrected chi connectivity index (χ1v) is 9.92. The maximum absolute atomic E-state index is 14.2. The summed E-state index contributed by atoms with van der Waals surface area (Å²) in [6.45, 7) is 4.95. The lowest BCUT2D eigenvalue weighted by molar-refractivity contribution is -0.117. The van der Waals surface area contributed by atoms with E-state index in [2.05, 4.69) is 25.6 Å². The van der Waals surface area contributed by atoms with Crippen LogP contribution < -0.4 is 11.1 Å². The van der Waals surface area contributed by atoms with Gasteiger partial charge in [0, 0.05) is 17.3 Å². The van der Waals surface area contributed by atoms with Crippen LogP contribution in [0.1, 0.15) is 32.3 Å². The van der Waals surface area contributed by atoms with E-state index in [-0.39, 0.29) is 18.4 Å². The standard InChI is InChI=1S/C22H24FN7O/c1-13(14-4-6-16(24)7-5-14)21(31)28-18-11-26-29-20(18)17-8-19-15(9-25-17)10-27-30(19)12-22(2,3)23/h4-11,13H,12,24H2,1-3H3,(H,26,29)(H,28,31). The van der Waals surface area contributed by atoms with Gasteiger partial charge in [-0.1, -0.05) is 12.1 Å². The van der Waals surface area contributed by atoms with E-state index in [4.69, 9.17) is 5.73 Å². The molecule has 0 aliphatic heterocycles. The smallest absolute Gasteiger partial charge is 0.231 e. The fraction of sp³-hybridized carbons (Fsp3) is 0.273. The number of aromatic nitrogens is 5. The Morgan fingerprint density at radius 3 is 2.71 bits per heavy atom. The molecule has 31 heavy (non-hydrogen) atoms. The first-order valence-electron chi connectivity index (χ1n) is 9.92. The van der Waals surface area contributed by atoms with Gasteiger partial charge in [0.05, 0.1) is 41.8 Å². The average Bonchev–Trinajstić information content (AvgIpc) is 3.33. The highest BCUT2D eigenvalue weighted by Crippen LogP contribution is 2.28. The highest BCUT2D eigenvalue weighted by atomic mass is 19.1. The number of rotatable bonds is 6. The molecule has 4 aromatic rings. The topological polar surface area (TPSA) is 115 Å². The Morgan fingerprint density at radius 1 is 1.26 bits per heavy atom. The largest absolute Gasteiger partial charge is 0.399 e. The van der Waals surface area contributed by atoms with Crippen LogP contribution in [-0.2, 0) is 11.3 Å². The second kappa shape index (κ2) is 7.82. The number of hydrogen-bond acceptors (Lipinski definition) is 5. The Kier molecular flexibility index (Phi) is 5.18. The highest BCUT2D eigenvalue weighted by molar-refractivity contribution is 5.98. The minimum Gasteiger partial charge on any atom is -0.399 e. The molecule has 0 aliphatic rings. The normalized spacial score (nSPS) is 12.8. The number of carbonyl (C=O) groups excluding carboxylic acids is 1. The number of carbonyl (C=O) groups is 1. The summed E-state index contributed by atoms with van der Waals surface area (Å²) in [5.41, 5.74) is 8.21. The maximum atomic E-state index is 14.2. The van der Waals surface area contributed by atoms with Crippen LogP contribution in [-0.4, -0.2) is 36.5 Å². The second-order valence-corrected chi connectivity index (χ2v) is 8.19. The third-order valence-corrected chi connectivity index (χ3v) is 5.04. The summed E-state index contributed by atoms with van der Waals surface area (Å²) in [6.07, 6.45) is 4.86. The molecule has 4 N–H and O–H groups in total. The molecule has 0 aliphatic carbocycles. The molecule has 1 amide bonds. The Bertz CT molecular complexity index is 1220. The number of alkyl halides is 1.